The van der Waals surface area contributed by atoms with E-state index in [1.54, 1.807) is 0 Å². The van der Waals surface area contributed by atoms with E-state index in [4.69, 9.17) is 4.55 Å². The maximum absolute atomic E-state index is 10.6. The van der Waals surface area contributed by atoms with Crippen LogP contribution < -0.4 is 4.72 Å². The van der Waals surface area contributed by atoms with E-state index in [1.165, 1.54) is 6.92 Å². The van der Waals surface area contributed by atoms with Crippen LogP contribution in [-0.2, 0) is 21.1 Å². The molecule has 0 aromatic rings. The third kappa shape index (κ3) is 4.86. The first-order valence-corrected chi connectivity index (χ1v) is 5.45. The Labute approximate surface area is 62.2 Å². The van der Waals surface area contributed by atoms with Gasteiger partial charge in [-0.05, 0) is 0 Å². The van der Waals surface area contributed by atoms with Crippen molar-refractivity contribution in [3.8, 4) is 0 Å². The first-order chi connectivity index (χ1) is 4.48. The molecule has 0 aliphatic heterocycles. The maximum Gasteiger partial charge on any atom is 0.232 e. The highest BCUT2D eigenvalue weighted by Gasteiger charge is 2.06. The zero-order valence-corrected chi connectivity index (χ0v) is 7.04. The minimum absolute atomic E-state index is 0.0306. The van der Waals surface area contributed by atoms with Crippen molar-refractivity contribution in [2.45, 2.75) is 6.92 Å². The van der Waals surface area contributed by atoms with Crippen LogP contribution >= 0.6 is 0 Å². The molecule has 0 aliphatic carbocycles. The van der Waals surface area contributed by atoms with E-state index in [0.29, 0.717) is 0 Å². The summed E-state index contributed by atoms with van der Waals surface area (Å²) < 4.78 is 41.1. The highest BCUT2D eigenvalue weighted by molar-refractivity contribution is 7.92. The number of rotatable bonds is 4. The van der Waals surface area contributed by atoms with Crippen molar-refractivity contribution in [2.75, 3.05) is 11.6 Å². The summed E-state index contributed by atoms with van der Waals surface area (Å²) in [7, 11) is -3.18. The van der Waals surface area contributed by atoms with E-state index in [9.17, 15) is 12.6 Å². The standard InChI is InChI=1S/C3H9NO4S2/c1-2-10(7,8)3-4-9(5)6/h4H,2-3H2,1H3,(H,5,6). The first-order valence-electron chi connectivity index (χ1n) is 2.52. The molecule has 0 spiro atoms. The molecule has 0 saturated carbocycles. The Balaban J connectivity index is 3.81. The zero-order valence-electron chi connectivity index (χ0n) is 5.40. The summed E-state index contributed by atoms with van der Waals surface area (Å²) in [5.41, 5.74) is 0. The Morgan fingerprint density at radius 3 is 2.40 bits per heavy atom. The zero-order chi connectivity index (χ0) is 8.20. The second-order valence-electron chi connectivity index (χ2n) is 1.57. The van der Waals surface area contributed by atoms with Crippen LogP contribution in [0.1, 0.15) is 6.92 Å². The monoisotopic (exact) mass is 187 g/mol. The topological polar surface area (TPSA) is 83.5 Å². The molecular weight excluding hydrogens is 178 g/mol. The fourth-order valence-electron chi connectivity index (χ4n) is 0.242. The smallest absolute Gasteiger partial charge is 0.232 e. The van der Waals surface area contributed by atoms with Crippen molar-refractivity contribution in [2.24, 2.45) is 0 Å². The second-order valence-corrected chi connectivity index (χ2v) is 4.71. The van der Waals surface area contributed by atoms with Crippen LogP contribution in [0.15, 0.2) is 0 Å². The van der Waals surface area contributed by atoms with Crippen molar-refractivity contribution in [3.63, 3.8) is 0 Å². The van der Waals surface area contributed by atoms with Crippen LogP contribution in [0.4, 0.5) is 0 Å². The quantitative estimate of drug-likeness (QED) is 0.559. The number of hydrogen-bond donors (Lipinski definition) is 2. The van der Waals surface area contributed by atoms with Gasteiger partial charge in [-0.25, -0.2) is 12.6 Å². The van der Waals surface area contributed by atoms with Crippen LogP contribution in [0.5, 0.6) is 0 Å². The molecule has 2 N–H and O–H groups in total. The minimum Gasteiger partial charge on any atom is -0.294 e. The molecule has 0 radical (unpaired) electrons. The molecule has 0 rings (SSSR count). The van der Waals surface area contributed by atoms with Gasteiger partial charge in [-0.1, -0.05) is 6.92 Å². The molecule has 1 atom stereocenters. The van der Waals surface area contributed by atoms with E-state index in [-0.39, 0.29) is 5.75 Å². The lowest BCUT2D eigenvalue weighted by Crippen LogP contribution is -2.25. The largest absolute Gasteiger partial charge is 0.294 e. The van der Waals surface area contributed by atoms with Crippen LogP contribution in [0, 0.1) is 0 Å². The van der Waals surface area contributed by atoms with E-state index < -0.39 is 27.0 Å². The van der Waals surface area contributed by atoms with Gasteiger partial charge in [-0.15, -0.1) is 0 Å². The molecule has 0 saturated heterocycles. The average Bonchev–Trinajstić information content (AvgIpc) is 1.85. The number of nitrogens with one attached hydrogen (secondary N) is 1. The van der Waals surface area contributed by atoms with Gasteiger partial charge in [0.05, 0.1) is 0 Å². The Hall–Kier alpha value is 0.0200. The lowest BCUT2D eigenvalue weighted by Gasteiger charge is -1.97. The SMILES string of the molecule is CCS(=O)(=O)CNS(=O)O. The lowest BCUT2D eigenvalue weighted by atomic mass is 11.0. The van der Waals surface area contributed by atoms with E-state index in [0.717, 1.165) is 0 Å². The molecule has 0 aromatic carbocycles. The van der Waals surface area contributed by atoms with Crippen LogP contribution in [0.25, 0.3) is 0 Å². The molecule has 10 heavy (non-hydrogen) atoms. The lowest BCUT2D eigenvalue weighted by molar-refractivity contribution is 0.550. The molecule has 0 heterocycles. The Morgan fingerprint density at radius 1 is 1.60 bits per heavy atom. The second kappa shape index (κ2) is 4.02. The maximum atomic E-state index is 10.6. The van der Waals surface area contributed by atoms with Crippen LogP contribution in [0.3, 0.4) is 0 Å². The van der Waals surface area contributed by atoms with Gasteiger partial charge in [0.1, 0.15) is 5.88 Å². The Bertz CT molecular complexity index is 209. The van der Waals surface area contributed by atoms with Gasteiger partial charge < -0.3 is 0 Å². The molecule has 5 nitrogen and oxygen atoms in total. The molecular formula is C3H9NO4S2. The summed E-state index contributed by atoms with van der Waals surface area (Å²) in [5.74, 6) is -0.482. The third-order valence-electron chi connectivity index (χ3n) is 0.842. The summed E-state index contributed by atoms with van der Waals surface area (Å²) in [6.07, 6.45) is 0. The van der Waals surface area contributed by atoms with Gasteiger partial charge in [-0.3, -0.25) is 4.55 Å². The average molecular weight is 187 g/mol. The van der Waals surface area contributed by atoms with Crippen LogP contribution in [-0.4, -0.2) is 28.8 Å². The van der Waals surface area contributed by atoms with Crippen molar-refractivity contribution in [1.82, 2.24) is 4.72 Å². The van der Waals surface area contributed by atoms with Gasteiger partial charge in [0.15, 0.2) is 9.84 Å². The molecule has 62 valence electrons. The molecule has 0 aliphatic rings. The molecule has 0 fully saturated rings. The number of hydrogen-bond acceptors (Lipinski definition) is 3. The van der Waals surface area contributed by atoms with Crippen molar-refractivity contribution >= 4 is 21.1 Å². The van der Waals surface area contributed by atoms with Gasteiger partial charge in [-0.2, -0.15) is 4.72 Å². The highest BCUT2D eigenvalue weighted by atomic mass is 32.2. The van der Waals surface area contributed by atoms with Gasteiger partial charge >= 0.3 is 0 Å². The Kier molecular flexibility index (Phi) is 4.02. The van der Waals surface area contributed by atoms with Gasteiger partial charge in [0.25, 0.3) is 0 Å². The normalized spacial score (nSPS) is 15.0. The summed E-state index contributed by atoms with van der Waals surface area (Å²) in [6, 6.07) is 0. The van der Waals surface area contributed by atoms with Gasteiger partial charge in [0, 0.05) is 5.75 Å². The van der Waals surface area contributed by atoms with Crippen molar-refractivity contribution in [1.29, 1.82) is 0 Å². The Morgan fingerprint density at radius 2 is 2.10 bits per heavy atom. The first kappa shape index (κ1) is 10.0. The van der Waals surface area contributed by atoms with Crippen LogP contribution in [0.2, 0.25) is 0 Å². The summed E-state index contributed by atoms with van der Waals surface area (Å²) in [5, 5.41) is 0. The van der Waals surface area contributed by atoms with Gasteiger partial charge in [0.2, 0.25) is 11.3 Å². The predicted octanol–water partition coefficient (Wildman–Crippen LogP) is -0.895. The number of sulfone groups is 1. The summed E-state index contributed by atoms with van der Waals surface area (Å²) in [6.45, 7) is 1.47. The van der Waals surface area contributed by atoms with Crippen molar-refractivity contribution in [3.05, 3.63) is 0 Å². The van der Waals surface area contributed by atoms with E-state index >= 15 is 0 Å². The molecule has 0 bridgehead atoms. The summed E-state index contributed by atoms with van der Waals surface area (Å²) in [4.78, 5) is 0. The van der Waals surface area contributed by atoms with E-state index in [1.807, 2.05) is 4.72 Å². The predicted molar refractivity (Wildman–Crippen MR) is 38.2 cm³/mol. The highest BCUT2D eigenvalue weighted by Crippen LogP contribution is 1.84. The molecule has 1 unspecified atom stereocenters. The summed E-state index contributed by atoms with van der Waals surface area (Å²) >= 11 is -2.24. The third-order valence-corrected chi connectivity index (χ3v) is 2.88. The molecule has 7 heteroatoms. The molecule has 0 aromatic heterocycles. The fourth-order valence-corrected chi connectivity index (χ4v) is 1.57. The molecule has 0 amide bonds. The van der Waals surface area contributed by atoms with E-state index in [2.05, 4.69) is 0 Å². The fraction of sp³-hybridized carbons (Fsp3) is 1.00. The van der Waals surface area contributed by atoms with Crippen molar-refractivity contribution < 1.29 is 17.2 Å². The minimum atomic E-state index is -3.18.